The summed E-state index contributed by atoms with van der Waals surface area (Å²) in [6, 6.07) is 96.7. The van der Waals surface area contributed by atoms with Crippen LogP contribution in [0.4, 0.5) is 17.1 Å². The van der Waals surface area contributed by atoms with Crippen molar-refractivity contribution >= 4 is 49.6 Å². The van der Waals surface area contributed by atoms with Crippen LogP contribution in [-0.4, -0.2) is 4.57 Å². The average molecular weight is 841 g/mol. The van der Waals surface area contributed by atoms with Gasteiger partial charge in [0.1, 0.15) is 0 Å². The fourth-order valence-electron chi connectivity index (χ4n) is 9.72. The first kappa shape index (κ1) is 38.9. The smallest absolute Gasteiger partial charge is 0.0547 e. The molecule has 0 atom stereocenters. The summed E-state index contributed by atoms with van der Waals surface area (Å²) < 4.78 is 2.44. The Hall–Kier alpha value is -8.72. The Labute approximate surface area is 385 Å². The lowest BCUT2D eigenvalue weighted by molar-refractivity contribution is 1.18. The van der Waals surface area contributed by atoms with Crippen LogP contribution >= 0.6 is 0 Å². The highest BCUT2D eigenvalue weighted by Gasteiger charge is 2.18. The van der Waals surface area contributed by atoms with E-state index < -0.39 is 0 Å². The lowest BCUT2D eigenvalue weighted by Gasteiger charge is -2.27. The molecule has 0 saturated heterocycles. The molecule has 1 heterocycles. The first-order valence-electron chi connectivity index (χ1n) is 22.7. The van der Waals surface area contributed by atoms with Crippen LogP contribution in [-0.2, 0) is 0 Å². The van der Waals surface area contributed by atoms with Gasteiger partial charge >= 0.3 is 0 Å². The van der Waals surface area contributed by atoms with E-state index in [1.807, 2.05) is 0 Å². The Morgan fingerprint density at radius 2 is 0.682 bits per heavy atom. The molecule has 0 fully saturated rings. The van der Waals surface area contributed by atoms with Crippen LogP contribution < -0.4 is 4.90 Å². The second-order valence-electron chi connectivity index (χ2n) is 16.9. The van der Waals surface area contributed by atoms with Crippen molar-refractivity contribution in [2.24, 2.45) is 0 Å². The number of aromatic nitrogens is 1. The minimum Gasteiger partial charge on any atom is -0.310 e. The number of para-hydroxylation sites is 2. The van der Waals surface area contributed by atoms with Gasteiger partial charge in [0.25, 0.3) is 0 Å². The lowest BCUT2D eigenvalue weighted by Crippen LogP contribution is -2.10. The summed E-state index contributed by atoms with van der Waals surface area (Å²) >= 11 is 0. The van der Waals surface area contributed by atoms with E-state index in [1.165, 1.54) is 88.2 Å². The molecule has 66 heavy (non-hydrogen) atoms. The molecule has 0 amide bonds. The lowest BCUT2D eigenvalue weighted by atomic mass is 9.98. The maximum atomic E-state index is 2.44. The van der Waals surface area contributed by atoms with Crippen LogP contribution in [0.5, 0.6) is 0 Å². The molecular formula is C64H44N2. The Morgan fingerprint density at radius 3 is 1.30 bits per heavy atom. The summed E-state index contributed by atoms with van der Waals surface area (Å²) in [7, 11) is 0. The van der Waals surface area contributed by atoms with Crippen molar-refractivity contribution in [1.29, 1.82) is 0 Å². The normalized spacial score (nSPS) is 11.3. The van der Waals surface area contributed by atoms with E-state index >= 15 is 0 Å². The van der Waals surface area contributed by atoms with Gasteiger partial charge in [-0.3, -0.25) is 0 Å². The number of anilines is 3. The summed E-state index contributed by atoms with van der Waals surface area (Å²) in [6.45, 7) is 0. The molecule has 12 aromatic rings. The van der Waals surface area contributed by atoms with Crippen LogP contribution in [0, 0.1) is 0 Å². The quantitative estimate of drug-likeness (QED) is 0.141. The second-order valence-corrected chi connectivity index (χ2v) is 16.9. The molecule has 2 nitrogen and oxygen atoms in total. The number of rotatable bonds is 9. The van der Waals surface area contributed by atoms with Gasteiger partial charge in [-0.15, -0.1) is 0 Å². The van der Waals surface area contributed by atoms with Crippen LogP contribution in [0.15, 0.2) is 267 Å². The topological polar surface area (TPSA) is 8.17 Å². The molecule has 0 aliphatic carbocycles. The summed E-state index contributed by atoms with van der Waals surface area (Å²) in [4.78, 5) is 2.38. The third-order valence-electron chi connectivity index (χ3n) is 13.0. The predicted molar refractivity (Wildman–Crippen MR) is 280 cm³/mol. The van der Waals surface area contributed by atoms with Crippen molar-refractivity contribution in [2.45, 2.75) is 0 Å². The first-order valence-corrected chi connectivity index (χ1v) is 22.7. The Balaban J connectivity index is 0.875. The molecule has 0 bridgehead atoms. The summed E-state index contributed by atoms with van der Waals surface area (Å²) in [5, 5.41) is 4.92. The Kier molecular flexibility index (Phi) is 9.89. The van der Waals surface area contributed by atoms with Gasteiger partial charge in [-0.2, -0.15) is 0 Å². The van der Waals surface area contributed by atoms with Crippen LogP contribution in [0.2, 0.25) is 0 Å². The fraction of sp³-hybridized carbons (Fsp3) is 0. The molecule has 2 heteroatoms. The van der Waals surface area contributed by atoms with E-state index in [0.717, 1.165) is 22.7 Å². The highest BCUT2D eigenvalue weighted by atomic mass is 15.1. The van der Waals surface area contributed by atoms with E-state index in [9.17, 15) is 0 Å². The third-order valence-corrected chi connectivity index (χ3v) is 13.0. The first-order chi connectivity index (χ1) is 32.7. The molecule has 0 N–H and O–H groups in total. The largest absolute Gasteiger partial charge is 0.310 e. The van der Waals surface area contributed by atoms with Gasteiger partial charge < -0.3 is 9.47 Å². The molecule has 0 aliphatic rings. The van der Waals surface area contributed by atoms with Crippen molar-refractivity contribution in [3.63, 3.8) is 0 Å². The zero-order chi connectivity index (χ0) is 43.8. The highest BCUT2D eigenvalue weighted by Crippen LogP contribution is 2.42. The summed E-state index contributed by atoms with van der Waals surface area (Å²) in [5.74, 6) is 0. The van der Waals surface area contributed by atoms with Gasteiger partial charge in [0.15, 0.2) is 0 Å². The number of hydrogen-bond acceptors (Lipinski definition) is 1. The molecule has 0 aliphatic heterocycles. The monoisotopic (exact) mass is 840 g/mol. The van der Waals surface area contributed by atoms with Gasteiger partial charge in [-0.25, -0.2) is 0 Å². The van der Waals surface area contributed by atoms with Gasteiger partial charge in [0, 0.05) is 33.1 Å². The second kappa shape index (κ2) is 16.8. The molecule has 11 aromatic carbocycles. The van der Waals surface area contributed by atoms with Crippen LogP contribution in [0.1, 0.15) is 0 Å². The van der Waals surface area contributed by atoms with Crippen molar-refractivity contribution in [3.8, 4) is 61.3 Å². The van der Waals surface area contributed by atoms with Gasteiger partial charge in [-0.05, 0) is 104 Å². The predicted octanol–water partition coefficient (Wildman–Crippen LogP) is 17.7. The van der Waals surface area contributed by atoms with Gasteiger partial charge in [0.2, 0.25) is 0 Å². The highest BCUT2D eigenvalue weighted by molar-refractivity contribution is 6.11. The molecule has 12 rings (SSSR count). The maximum Gasteiger partial charge on any atom is 0.0547 e. The third kappa shape index (κ3) is 7.12. The molecule has 310 valence electrons. The fourth-order valence-corrected chi connectivity index (χ4v) is 9.72. The van der Waals surface area contributed by atoms with Gasteiger partial charge in [0.05, 0.1) is 22.4 Å². The van der Waals surface area contributed by atoms with E-state index in [4.69, 9.17) is 0 Å². The number of nitrogens with zero attached hydrogens (tertiary/aromatic N) is 2. The van der Waals surface area contributed by atoms with Crippen molar-refractivity contribution in [2.75, 3.05) is 4.90 Å². The van der Waals surface area contributed by atoms with E-state index in [0.29, 0.717) is 0 Å². The SMILES string of the molecule is c1ccc(-c2ccc(-c3ccc(N(c4ccc(-c5ccc(-c6ccccc6-n6c7ccccc7c7ccc(-c8ccccc8)cc76)cc5)cc4)c4cccc5ccccc45)cc3)cc2)cc1. The van der Waals surface area contributed by atoms with E-state index in [-0.39, 0.29) is 0 Å². The average Bonchev–Trinajstić information content (AvgIpc) is 3.73. The number of hydrogen-bond donors (Lipinski definition) is 0. The van der Waals surface area contributed by atoms with Crippen LogP contribution in [0.3, 0.4) is 0 Å². The molecule has 1 aromatic heterocycles. The van der Waals surface area contributed by atoms with Gasteiger partial charge in [-0.1, -0.05) is 218 Å². The summed E-state index contributed by atoms with van der Waals surface area (Å²) in [6.07, 6.45) is 0. The minimum atomic E-state index is 1.10. The Morgan fingerprint density at radius 1 is 0.258 bits per heavy atom. The van der Waals surface area contributed by atoms with E-state index in [2.05, 4.69) is 276 Å². The van der Waals surface area contributed by atoms with Crippen LogP contribution in [0.25, 0.3) is 93.9 Å². The summed E-state index contributed by atoms with van der Waals surface area (Å²) in [5.41, 5.74) is 18.9. The maximum absolute atomic E-state index is 2.44. The molecular weight excluding hydrogens is 797 g/mol. The zero-order valence-corrected chi connectivity index (χ0v) is 36.3. The van der Waals surface area contributed by atoms with Crippen molar-refractivity contribution in [1.82, 2.24) is 4.57 Å². The minimum absolute atomic E-state index is 1.10. The molecule has 0 spiro atoms. The Bertz CT molecular complexity index is 3640. The standard InChI is InChI=1S/C64H44N2/c1-3-14-45(15-4-1)47-26-28-48(29-27-47)50-34-39-55(40-35-50)65(61-25-13-19-52-18-7-8-20-57(52)61)56-41-36-51(37-42-56)49-30-32-53(33-31-49)58-21-9-11-23-62(58)66-63-24-12-10-22-59(63)60-43-38-54(44-64(60)66)46-16-5-2-6-17-46/h1-44H. The number of benzene rings is 11. The van der Waals surface area contributed by atoms with Crippen molar-refractivity contribution < 1.29 is 0 Å². The molecule has 0 unspecified atom stereocenters. The number of fused-ring (bicyclic) bond motifs is 4. The van der Waals surface area contributed by atoms with E-state index in [1.54, 1.807) is 0 Å². The molecule has 0 saturated carbocycles. The zero-order valence-electron chi connectivity index (χ0n) is 36.3. The molecule has 0 radical (unpaired) electrons. The van der Waals surface area contributed by atoms with Crippen molar-refractivity contribution in [3.05, 3.63) is 267 Å².